The van der Waals surface area contributed by atoms with Gasteiger partial charge in [0.15, 0.2) is 0 Å². The van der Waals surface area contributed by atoms with Crippen molar-refractivity contribution in [2.75, 3.05) is 26.9 Å². The highest BCUT2D eigenvalue weighted by molar-refractivity contribution is 5.95. The lowest BCUT2D eigenvalue weighted by molar-refractivity contribution is 0.0829. The predicted octanol–water partition coefficient (Wildman–Crippen LogP) is 1.78. The van der Waals surface area contributed by atoms with Crippen molar-refractivity contribution in [3.8, 4) is 5.75 Å². The van der Waals surface area contributed by atoms with E-state index in [4.69, 9.17) is 9.47 Å². The van der Waals surface area contributed by atoms with Gasteiger partial charge < -0.3 is 19.9 Å². The van der Waals surface area contributed by atoms with Crippen LogP contribution in [0.2, 0.25) is 0 Å². The summed E-state index contributed by atoms with van der Waals surface area (Å²) in [6.45, 7) is 1.48. The van der Waals surface area contributed by atoms with Crippen molar-refractivity contribution < 1.29 is 19.4 Å². The number of carbonyl (C=O) groups is 1. The summed E-state index contributed by atoms with van der Waals surface area (Å²) in [7, 11) is 1.55. The Hall–Kier alpha value is -2.38. The van der Waals surface area contributed by atoms with E-state index in [2.05, 4.69) is 15.5 Å². The largest absolute Gasteiger partial charge is 0.496 e. The number of amides is 1. The fourth-order valence-electron chi connectivity index (χ4n) is 3.11. The van der Waals surface area contributed by atoms with Gasteiger partial charge >= 0.3 is 0 Å². The summed E-state index contributed by atoms with van der Waals surface area (Å²) in [5, 5.41) is 20.1. The van der Waals surface area contributed by atoms with Crippen molar-refractivity contribution in [2.45, 2.75) is 24.9 Å². The molecular formula is C18H23N3O4. The Balaban J connectivity index is 1.64. The molecule has 7 heteroatoms. The van der Waals surface area contributed by atoms with Crippen LogP contribution >= 0.6 is 0 Å². The zero-order valence-electron chi connectivity index (χ0n) is 14.2. The van der Waals surface area contributed by atoms with Crippen molar-refractivity contribution in [3.05, 3.63) is 47.3 Å². The van der Waals surface area contributed by atoms with E-state index in [1.807, 2.05) is 12.1 Å². The zero-order chi connectivity index (χ0) is 17.6. The molecule has 0 spiro atoms. The summed E-state index contributed by atoms with van der Waals surface area (Å²) in [5.41, 5.74) is 2.01. The molecule has 3 rings (SSSR count). The minimum absolute atomic E-state index is 0.0948. The highest BCUT2D eigenvalue weighted by Crippen LogP contribution is 2.28. The van der Waals surface area contributed by atoms with Gasteiger partial charge in [0.1, 0.15) is 5.75 Å². The Bertz CT molecular complexity index is 710. The zero-order valence-corrected chi connectivity index (χ0v) is 14.2. The minimum Gasteiger partial charge on any atom is -0.496 e. The van der Waals surface area contributed by atoms with Crippen LogP contribution in [0.5, 0.6) is 5.75 Å². The van der Waals surface area contributed by atoms with Gasteiger partial charge in [0.05, 0.1) is 30.7 Å². The van der Waals surface area contributed by atoms with Crippen molar-refractivity contribution in [3.63, 3.8) is 0 Å². The number of benzene rings is 1. The summed E-state index contributed by atoms with van der Waals surface area (Å²) < 4.78 is 10.6. The van der Waals surface area contributed by atoms with Crippen LogP contribution in [0.3, 0.4) is 0 Å². The van der Waals surface area contributed by atoms with Gasteiger partial charge in [0.25, 0.3) is 5.91 Å². The molecule has 1 atom stereocenters. The van der Waals surface area contributed by atoms with Crippen LogP contribution in [-0.4, -0.2) is 48.1 Å². The molecule has 1 aromatic heterocycles. The van der Waals surface area contributed by atoms with Gasteiger partial charge in [-0.25, -0.2) is 0 Å². The number of aliphatic hydroxyl groups is 1. The third-order valence-electron chi connectivity index (χ3n) is 4.50. The van der Waals surface area contributed by atoms with Crippen LogP contribution in [-0.2, 0) is 4.74 Å². The van der Waals surface area contributed by atoms with E-state index in [0.717, 1.165) is 18.5 Å². The third kappa shape index (κ3) is 4.00. The number of methoxy groups -OCH3 is 1. The Morgan fingerprint density at radius 2 is 2.20 bits per heavy atom. The molecular weight excluding hydrogens is 322 g/mol. The van der Waals surface area contributed by atoms with Crippen LogP contribution in [0.15, 0.2) is 30.5 Å². The van der Waals surface area contributed by atoms with Crippen LogP contribution in [0, 0.1) is 0 Å². The molecule has 1 unspecified atom stereocenters. The molecule has 0 saturated carbocycles. The maximum atomic E-state index is 12.5. The maximum absolute atomic E-state index is 12.5. The van der Waals surface area contributed by atoms with Crippen LogP contribution in [0.25, 0.3) is 0 Å². The number of rotatable bonds is 6. The Kier molecular flexibility index (Phi) is 5.67. The predicted molar refractivity (Wildman–Crippen MR) is 91.7 cm³/mol. The molecule has 1 aliphatic rings. The van der Waals surface area contributed by atoms with Gasteiger partial charge in [-0.3, -0.25) is 9.89 Å². The molecule has 1 fully saturated rings. The molecule has 3 N–H and O–H groups in total. The second-order valence-corrected chi connectivity index (χ2v) is 6.05. The Morgan fingerprint density at radius 3 is 2.96 bits per heavy atom. The number of para-hydroxylation sites is 1. The summed E-state index contributed by atoms with van der Waals surface area (Å²) in [4.78, 5) is 12.5. The average molecular weight is 345 g/mol. The monoisotopic (exact) mass is 345 g/mol. The van der Waals surface area contributed by atoms with Crippen LogP contribution in [0.1, 0.15) is 46.5 Å². The number of nitrogens with one attached hydrogen (secondary N) is 2. The lowest BCUT2D eigenvalue weighted by Crippen LogP contribution is -2.29. The number of hydrogen-bond acceptors (Lipinski definition) is 5. The summed E-state index contributed by atoms with van der Waals surface area (Å²) >= 11 is 0. The number of ether oxygens (including phenoxy) is 2. The smallest absolute Gasteiger partial charge is 0.254 e. The van der Waals surface area contributed by atoms with Crippen molar-refractivity contribution in [1.82, 2.24) is 15.5 Å². The fraction of sp³-hybridized carbons (Fsp3) is 0.444. The van der Waals surface area contributed by atoms with Gasteiger partial charge in [-0.2, -0.15) is 5.10 Å². The molecule has 7 nitrogen and oxygen atoms in total. The van der Waals surface area contributed by atoms with E-state index in [1.54, 1.807) is 19.2 Å². The fourth-order valence-corrected chi connectivity index (χ4v) is 3.11. The number of hydrogen-bond donors (Lipinski definition) is 3. The standard InChI is InChI=1S/C18H23N3O4/c1-24-16-5-3-2-4-13(16)15(22)11-19-18(23)14-10-20-21-17(14)12-6-8-25-9-7-12/h2-5,10,12,15,22H,6-9,11H2,1H3,(H,19,23)(H,20,21). The van der Waals surface area contributed by atoms with Crippen molar-refractivity contribution >= 4 is 5.91 Å². The van der Waals surface area contributed by atoms with Gasteiger partial charge in [0, 0.05) is 31.2 Å². The van der Waals surface area contributed by atoms with Crippen molar-refractivity contribution in [2.24, 2.45) is 0 Å². The third-order valence-corrected chi connectivity index (χ3v) is 4.50. The molecule has 0 bridgehead atoms. The second-order valence-electron chi connectivity index (χ2n) is 6.05. The molecule has 0 radical (unpaired) electrons. The number of nitrogens with zero attached hydrogens (tertiary/aromatic N) is 1. The molecule has 134 valence electrons. The average Bonchev–Trinajstić information content (AvgIpc) is 3.16. The quantitative estimate of drug-likeness (QED) is 0.741. The first kappa shape index (κ1) is 17.4. The van der Waals surface area contributed by atoms with E-state index in [0.29, 0.717) is 30.1 Å². The molecule has 25 heavy (non-hydrogen) atoms. The molecule has 1 aliphatic heterocycles. The SMILES string of the molecule is COc1ccccc1C(O)CNC(=O)c1cn[nH]c1C1CCOCC1. The number of aromatic amines is 1. The van der Waals surface area contributed by atoms with Crippen molar-refractivity contribution in [1.29, 1.82) is 0 Å². The van der Waals surface area contributed by atoms with Gasteiger partial charge in [-0.05, 0) is 18.9 Å². The first-order valence-corrected chi connectivity index (χ1v) is 8.41. The first-order chi connectivity index (χ1) is 12.2. The summed E-state index contributed by atoms with van der Waals surface area (Å²) in [5.74, 6) is 0.593. The lowest BCUT2D eigenvalue weighted by Gasteiger charge is -2.22. The molecule has 1 saturated heterocycles. The minimum atomic E-state index is -0.849. The molecule has 2 aromatic rings. The van der Waals surface area contributed by atoms with E-state index < -0.39 is 6.10 Å². The normalized spacial score (nSPS) is 16.4. The topological polar surface area (TPSA) is 96.5 Å². The highest BCUT2D eigenvalue weighted by atomic mass is 16.5. The van der Waals surface area contributed by atoms with Crippen LogP contribution < -0.4 is 10.1 Å². The maximum Gasteiger partial charge on any atom is 0.254 e. The molecule has 0 aliphatic carbocycles. The summed E-state index contributed by atoms with van der Waals surface area (Å²) in [6.07, 6.45) is 2.42. The first-order valence-electron chi connectivity index (χ1n) is 8.41. The Labute approximate surface area is 146 Å². The van der Waals surface area contributed by atoms with Gasteiger partial charge in [-0.15, -0.1) is 0 Å². The summed E-state index contributed by atoms with van der Waals surface area (Å²) in [6, 6.07) is 7.21. The number of aliphatic hydroxyl groups excluding tert-OH is 1. The van der Waals surface area contributed by atoms with E-state index in [-0.39, 0.29) is 18.4 Å². The highest BCUT2D eigenvalue weighted by Gasteiger charge is 2.24. The lowest BCUT2D eigenvalue weighted by atomic mass is 9.94. The molecule has 2 heterocycles. The number of H-pyrrole nitrogens is 1. The second kappa shape index (κ2) is 8.13. The van der Waals surface area contributed by atoms with Gasteiger partial charge in [0.2, 0.25) is 0 Å². The van der Waals surface area contributed by atoms with Crippen LogP contribution in [0.4, 0.5) is 0 Å². The number of aromatic nitrogens is 2. The van der Waals surface area contributed by atoms with E-state index in [1.165, 1.54) is 6.20 Å². The Morgan fingerprint density at radius 1 is 1.44 bits per heavy atom. The van der Waals surface area contributed by atoms with Gasteiger partial charge in [-0.1, -0.05) is 18.2 Å². The van der Waals surface area contributed by atoms with E-state index >= 15 is 0 Å². The van der Waals surface area contributed by atoms with E-state index in [9.17, 15) is 9.90 Å². The molecule has 1 aromatic carbocycles. The molecule has 1 amide bonds. The number of carbonyl (C=O) groups excluding carboxylic acids is 1.